The van der Waals surface area contributed by atoms with E-state index >= 15 is 0 Å². The predicted octanol–water partition coefficient (Wildman–Crippen LogP) is 15.8. The Balaban J connectivity index is 0.0000110. The molecule has 0 saturated heterocycles. The molecule has 0 saturated carbocycles. The standard InChI is InChI=1S/C46H80.Na/c1-4-7-10-13-16-19-22-25-28-31-36-42-41-43-37-34-35-39-45(43)46(40-33-30-27-24-21-18-15-12-9-6-3)44(42)38-32-29-26-23-20-17-14-11-8-5-2;/h34-35,37,39,41H,4-33,36,38,40H2,1-3H3;. The largest absolute Gasteiger partial charge is 0.0654 e. The van der Waals surface area contributed by atoms with Gasteiger partial charge in [0.1, 0.15) is 0 Å². The molecule has 0 nitrogen and oxygen atoms in total. The van der Waals surface area contributed by atoms with E-state index in [0.29, 0.717) is 0 Å². The van der Waals surface area contributed by atoms with Gasteiger partial charge in [0.15, 0.2) is 0 Å². The van der Waals surface area contributed by atoms with E-state index in [9.17, 15) is 0 Å². The fourth-order valence-corrected chi connectivity index (χ4v) is 7.73. The zero-order valence-corrected chi connectivity index (χ0v) is 34.7. The van der Waals surface area contributed by atoms with E-state index in [4.69, 9.17) is 0 Å². The number of unbranched alkanes of at least 4 members (excludes halogenated alkanes) is 27. The number of benzene rings is 2. The maximum Gasteiger partial charge on any atom is 0 e. The fraction of sp³-hybridized carbons (Fsp3) is 0.783. The summed E-state index contributed by atoms with van der Waals surface area (Å²) in [7, 11) is 0. The molecule has 1 heteroatoms. The Morgan fingerprint density at radius 1 is 0.340 bits per heavy atom. The van der Waals surface area contributed by atoms with E-state index in [2.05, 4.69) is 51.1 Å². The first-order valence-corrected chi connectivity index (χ1v) is 21.3. The Hall–Kier alpha value is -0.300. The van der Waals surface area contributed by atoms with Crippen molar-refractivity contribution in [3.05, 3.63) is 47.0 Å². The summed E-state index contributed by atoms with van der Waals surface area (Å²) in [5.74, 6) is 0. The molecule has 0 aliphatic carbocycles. The van der Waals surface area contributed by atoms with Gasteiger partial charge in [-0.3, -0.25) is 0 Å². The van der Waals surface area contributed by atoms with Crippen LogP contribution in [0.15, 0.2) is 30.3 Å². The van der Waals surface area contributed by atoms with E-state index in [1.54, 1.807) is 22.1 Å². The van der Waals surface area contributed by atoms with E-state index in [1.165, 1.54) is 217 Å². The molecule has 0 amide bonds. The van der Waals surface area contributed by atoms with Gasteiger partial charge in [0.25, 0.3) is 0 Å². The maximum atomic E-state index is 2.61. The monoisotopic (exact) mass is 656 g/mol. The molecule has 0 spiro atoms. The van der Waals surface area contributed by atoms with Gasteiger partial charge in [-0.15, -0.1) is 0 Å². The summed E-state index contributed by atoms with van der Waals surface area (Å²) in [5.41, 5.74) is 5.21. The van der Waals surface area contributed by atoms with Crippen molar-refractivity contribution in [2.24, 2.45) is 0 Å². The summed E-state index contributed by atoms with van der Waals surface area (Å²) < 4.78 is 0. The average Bonchev–Trinajstić information content (AvgIpc) is 3.07. The minimum atomic E-state index is 0. The fourth-order valence-electron chi connectivity index (χ4n) is 7.73. The van der Waals surface area contributed by atoms with Crippen LogP contribution >= 0.6 is 0 Å². The first-order valence-electron chi connectivity index (χ1n) is 21.3. The molecule has 0 heterocycles. The molecule has 2 rings (SSSR count). The Morgan fingerprint density at radius 2 is 0.660 bits per heavy atom. The summed E-state index contributed by atoms with van der Waals surface area (Å²) in [5, 5.41) is 3.06. The maximum absolute atomic E-state index is 2.61. The summed E-state index contributed by atoms with van der Waals surface area (Å²) in [6.45, 7) is 6.96. The average molecular weight is 656 g/mol. The van der Waals surface area contributed by atoms with Crippen molar-refractivity contribution in [3.8, 4) is 0 Å². The number of rotatable bonds is 33. The second-order valence-corrected chi connectivity index (χ2v) is 15.0. The second-order valence-electron chi connectivity index (χ2n) is 15.0. The third-order valence-corrected chi connectivity index (χ3v) is 10.7. The molecule has 0 aliphatic rings. The Morgan fingerprint density at radius 3 is 1.06 bits per heavy atom. The van der Waals surface area contributed by atoms with Gasteiger partial charge in [-0.1, -0.05) is 224 Å². The van der Waals surface area contributed by atoms with Gasteiger partial charge in [0.05, 0.1) is 0 Å². The molecule has 265 valence electrons. The first-order chi connectivity index (χ1) is 22.8. The topological polar surface area (TPSA) is 0 Å². The van der Waals surface area contributed by atoms with Crippen LogP contribution in [0.5, 0.6) is 0 Å². The van der Waals surface area contributed by atoms with Crippen molar-refractivity contribution in [1.29, 1.82) is 0 Å². The molecule has 47 heavy (non-hydrogen) atoms. The van der Waals surface area contributed by atoms with E-state index in [-0.39, 0.29) is 29.6 Å². The van der Waals surface area contributed by atoms with Gasteiger partial charge >= 0.3 is 0 Å². The van der Waals surface area contributed by atoms with Crippen molar-refractivity contribution < 1.29 is 0 Å². The number of hydrogen-bond acceptors (Lipinski definition) is 0. The zero-order valence-electron chi connectivity index (χ0n) is 32.7. The molecular weight excluding hydrogens is 575 g/mol. The molecule has 2 aromatic rings. The quantitative estimate of drug-likeness (QED) is 0.0530. The Kier molecular flexibility index (Phi) is 31.3. The van der Waals surface area contributed by atoms with E-state index in [1.807, 2.05) is 0 Å². The van der Waals surface area contributed by atoms with Crippen molar-refractivity contribution in [1.82, 2.24) is 0 Å². The molecule has 0 bridgehead atoms. The van der Waals surface area contributed by atoms with Crippen molar-refractivity contribution >= 4 is 40.3 Å². The van der Waals surface area contributed by atoms with Crippen LogP contribution < -0.4 is 0 Å². The van der Waals surface area contributed by atoms with Crippen LogP contribution in [-0.4, -0.2) is 29.6 Å². The summed E-state index contributed by atoms with van der Waals surface area (Å²) >= 11 is 0. The van der Waals surface area contributed by atoms with E-state index in [0.717, 1.165) is 0 Å². The molecule has 2 aromatic carbocycles. The Bertz CT molecular complexity index is 945. The van der Waals surface area contributed by atoms with Crippen LogP contribution in [0.4, 0.5) is 0 Å². The molecule has 0 fully saturated rings. The normalized spacial score (nSPS) is 11.4. The van der Waals surface area contributed by atoms with Crippen LogP contribution in [0.1, 0.15) is 230 Å². The van der Waals surface area contributed by atoms with Gasteiger partial charge in [-0.2, -0.15) is 0 Å². The van der Waals surface area contributed by atoms with Gasteiger partial charge in [-0.05, 0) is 66.0 Å². The number of aryl methyl sites for hydroxylation is 2. The van der Waals surface area contributed by atoms with Crippen molar-refractivity contribution in [3.63, 3.8) is 0 Å². The Labute approximate surface area is 318 Å². The summed E-state index contributed by atoms with van der Waals surface area (Å²) in [6, 6.07) is 12.0. The SMILES string of the molecule is CCCCCCCCCCCCc1cc2ccccc2c(CCCCCCCCCCCC)c1CCCCCCCCCCCC.[Na]. The third kappa shape index (κ3) is 22.2. The van der Waals surface area contributed by atoms with E-state index < -0.39 is 0 Å². The molecular formula is C46H80Na. The van der Waals surface area contributed by atoms with Gasteiger partial charge in [0.2, 0.25) is 0 Å². The van der Waals surface area contributed by atoms with Crippen LogP contribution in [0.25, 0.3) is 10.8 Å². The summed E-state index contributed by atoms with van der Waals surface area (Å²) in [4.78, 5) is 0. The summed E-state index contributed by atoms with van der Waals surface area (Å²) in [6.07, 6.45) is 46.6. The zero-order chi connectivity index (χ0) is 32.8. The molecule has 0 N–H and O–H groups in total. The molecule has 0 aromatic heterocycles. The van der Waals surface area contributed by atoms with Crippen molar-refractivity contribution in [2.45, 2.75) is 233 Å². The van der Waals surface area contributed by atoms with Crippen LogP contribution in [0, 0.1) is 0 Å². The molecule has 0 atom stereocenters. The molecule has 1 radical (unpaired) electrons. The van der Waals surface area contributed by atoms with Gasteiger partial charge in [-0.25, -0.2) is 0 Å². The molecule has 0 unspecified atom stereocenters. The minimum absolute atomic E-state index is 0. The minimum Gasteiger partial charge on any atom is -0.0654 e. The number of hydrogen-bond donors (Lipinski definition) is 0. The smallest absolute Gasteiger partial charge is 0 e. The second kappa shape index (κ2) is 32.9. The first kappa shape index (κ1) is 44.7. The van der Waals surface area contributed by atoms with Crippen LogP contribution in [-0.2, 0) is 19.3 Å². The van der Waals surface area contributed by atoms with Gasteiger partial charge in [0, 0.05) is 29.6 Å². The van der Waals surface area contributed by atoms with Gasteiger partial charge < -0.3 is 0 Å². The third-order valence-electron chi connectivity index (χ3n) is 10.7. The van der Waals surface area contributed by atoms with Crippen LogP contribution in [0.2, 0.25) is 0 Å². The number of fused-ring (bicyclic) bond motifs is 1. The molecule has 0 aliphatic heterocycles. The predicted molar refractivity (Wildman–Crippen MR) is 216 cm³/mol. The van der Waals surface area contributed by atoms with Crippen molar-refractivity contribution in [2.75, 3.05) is 0 Å². The van der Waals surface area contributed by atoms with Crippen LogP contribution in [0.3, 0.4) is 0 Å².